The molecule has 1 N–H and O–H groups in total. The maximum atomic E-state index is 12.4. The van der Waals surface area contributed by atoms with Crippen LogP contribution in [0.5, 0.6) is 0 Å². The third-order valence-corrected chi connectivity index (χ3v) is 5.02. The number of aromatic nitrogens is 3. The molecule has 0 unspecified atom stereocenters. The number of nitrogens with one attached hydrogen (secondary N) is 1. The molecule has 1 amide bonds. The third-order valence-electron chi connectivity index (χ3n) is 4.26. The molecule has 0 saturated heterocycles. The molecule has 3 aromatic heterocycles. The van der Waals surface area contributed by atoms with E-state index in [1.807, 2.05) is 64.3 Å². The molecule has 0 spiro atoms. The number of benzene rings is 1. The van der Waals surface area contributed by atoms with Crippen molar-refractivity contribution in [1.82, 2.24) is 14.1 Å². The Kier molecular flexibility index (Phi) is 3.89. The van der Waals surface area contributed by atoms with Crippen LogP contribution >= 0.6 is 11.3 Å². The summed E-state index contributed by atoms with van der Waals surface area (Å²) in [7, 11) is 1.98. The van der Waals surface area contributed by atoms with Crippen molar-refractivity contribution in [2.24, 2.45) is 7.05 Å². The molecule has 0 fully saturated rings. The van der Waals surface area contributed by atoms with E-state index in [0.29, 0.717) is 5.13 Å². The van der Waals surface area contributed by atoms with E-state index in [0.717, 1.165) is 16.9 Å². The Labute approximate surface area is 149 Å². The molecule has 126 valence electrons. The van der Waals surface area contributed by atoms with Crippen molar-refractivity contribution in [1.29, 1.82) is 0 Å². The summed E-state index contributed by atoms with van der Waals surface area (Å²) in [4.78, 5) is 16.9. The summed E-state index contributed by atoms with van der Waals surface area (Å²) in [5.74, 6) is -0.0754. The zero-order chi connectivity index (χ0) is 17.4. The summed E-state index contributed by atoms with van der Waals surface area (Å²) in [5.41, 5.74) is 4.14. The Hall–Kier alpha value is -2.86. The van der Waals surface area contributed by atoms with Gasteiger partial charge in [-0.1, -0.05) is 18.2 Å². The van der Waals surface area contributed by atoms with Gasteiger partial charge in [0, 0.05) is 35.7 Å². The van der Waals surface area contributed by atoms with Gasteiger partial charge in [0.1, 0.15) is 6.54 Å². The zero-order valence-electron chi connectivity index (χ0n) is 14.1. The predicted octanol–water partition coefficient (Wildman–Crippen LogP) is 4.05. The van der Waals surface area contributed by atoms with Crippen molar-refractivity contribution in [2.45, 2.75) is 13.5 Å². The number of carbonyl (C=O) groups excluding carboxylic acids is 1. The van der Waals surface area contributed by atoms with Crippen molar-refractivity contribution in [3.8, 4) is 11.4 Å². The van der Waals surface area contributed by atoms with Crippen molar-refractivity contribution < 1.29 is 4.79 Å². The van der Waals surface area contributed by atoms with Crippen molar-refractivity contribution in [2.75, 3.05) is 5.32 Å². The maximum absolute atomic E-state index is 12.4. The fourth-order valence-electron chi connectivity index (χ4n) is 3.05. The number of amides is 1. The smallest absolute Gasteiger partial charge is 0.246 e. The molecule has 5 nitrogen and oxygen atoms in total. The predicted molar refractivity (Wildman–Crippen MR) is 102 cm³/mol. The van der Waals surface area contributed by atoms with Gasteiger partial charge in [0.2, 0.25) is 5.91 Å². The van der Waals surface area contributed by atoms with E-state index in [1.54, 1.807) is 0 Å². The third kappa shape index (κ3) is 2.96. The zero-order valence-corrected chi connectivity index (χ0v) is 14.9. The Morgan fingerprint density at radius 2 is 2.08 bits per heavy atom. The molecule has 4 aromatic rings. The van der Waals surface area contributed by atoms with Crippen molar-refractivity contribution in [3.63, 3.8) is 0 Å². The van der Waals surface area contributed by atoms with Gasteiger partial charge in [-0.05, 0) is 30.7 Å². The van der Waals surface area contributed by atoms with Crippen LogP contribution in [0.15, 0.2) is 54.2 Å². The summed E-state index contributed by atoms with van der Waals surface area (Å²) >= 11 is 1.44. The van der Waals surface area contributed by atoms with E-state index in [-0.39, 0.29) is 12.5 Å². The number of aryl methyl sites for hydroxylation is 2. The van der Waals surface area contributed by atoms with Crippen LogP contribution in [0.3, 0.4) is 0 Å². The van der Waals surface area contributed by atoms with Crippen LogP contribution in [-0.2, 0) is 18.4 Å². The van der Waals surface area contributed by atoms with Gasteiger partial charge >= 0.3 is 0 Å². The lowest BCUT2D eigenvalue weighted by Gasteiger charge is -2.05. The van der Waals surface area contributed by atoms with Crippen LogP contribution in [0.25, 0.3) is 22.3 Å². The van der Waals surface area contributed by atoms with Gasteiger partial charge < -0.3 is 14.5 Å². The molecule has 0 saturated carbocycles. The number of para-hydroxylation sites is 1. The number of hydrogen-bond acceptors (Lipinski definition) is 3. The number of hydrogen-bond donors (Lipinski definition) is 1. The minimum Gasteiger partial charge on any atom is -0.349 e. The lowest BCUT2D eigenvalue weighted by Crippen LogP contribution is -2.18. The highest BCUT2D eigenvalue weighted by molar-refractivity contribution is 7.14. The summed E-state index contributed by atoms with van der Waals surface area (Å²) in [5, 5.41) is 6.66. The Morgan fingerprint density at radius 3 is 2.88 bits per heavy atom. The lowest BCUT2D eigenvalue weighted by molar-refractivity contribution is -0.116. The monoisotopic (exact) mass is 350 g/mol. The second kappa shape index (κ2) is 6.22. The molecule has 6 heteroatoms. The molecule has 0 atom stereocenters. The van der Waals surface area contributed by atoms with Crippen LogP contribution in [0, 0.1) is 6.92 Å². The minimum atomic E-state index is -0.0754. The molecule has 0 aliphatic carbocycles. The highest BCUT2D eigenvalue weighted by atomic mass is 32.1. The average Bonchev–Trinajstić information content (AvgIpc) is 3.29. The topological polar surface area (TPSA) is 51.9 Å². The highest BCUT2D eigenvalue weighted by Gasteiger charge is 2.12. The van der Waals surface area contributed by atoms with Crippen molar-refractivity contribution in [3.05, 3.63) is 59.7 Å². The highest BCUT2D eigenvalue weighted by Crippen LogP contribution is 2.25. The van der Waals surface area contributed by atoms with E-state index in [1.165, 1.54) is 22.3 Å². The normalized spacial score (nSPS) is 11.1. The second-order valence-corrected chi connectivity index (χ2v) is 6.91. The number of fused-ring (bicyclic) bond motifs is 1. The number of anilines is 1. The quantitative estimate of drug-likeness (QED) is 0.604. The van der Waals surface area contributed by atoms with E-state index < -0.39 is 0 Å². The van der Waals surface area contributed by atoms with Gasteiger partial charge in [0.05, 0.1) is 11.4 Å². The Balaban J connectivity index is 1.51. The molecule has 0 aliphatic rings. The van der Waals surface area contributed by atoms with Crippen LogP contribution in [-0.4, -0.2) is 20.0 Å². The molecule has 3 heterocycles. The van der Waals surface area contributed by atoms with E-state index >= 15 is 0 Å². The van der Waals surface area contributed by atoms with Gasteiger partial charge in [-0.2, -0.15) is 0 Å². The van der Waals surface area contributed by atoms with Crippen LogP contribution in [0.1, 0.15) is 5.56 Å². The number of nitrogens with zero attached hydrogens (tertiary/aromatic N) is 3. The average molecular weight is 350 g/mol. The summed E-state index contributed by atoms with van der Waals surface area (Å²) in [6.45, 7) is 2.33. The first kappa shape index (κ1) is 15.7. The largest absolute Gasteiger partial charge is 0.349 e. The number of carbonyl (C=O) groups is 1. The fraction of sp³-hybridized carbons (Fsp3) is 0.158. The second-order valence-electron chi connectivity index (χ2n) is 6.05. The molecule has 0 radical (unpaired) electrons. The van der Waals surface area contributed by atoms with Gasteiger partial charge in [0.15, 0.2) is 5.13 Å². The van der Waals surface area contributed by atoms with E-state index in [2.05, 4.69) is 23.3 Å². The molecule has 4 rings (SSSR count). The molecule has 1 aromatic carbocycles. The lowest BCUT2D eigenvalue weighted by atomic mass is 10.2. The molecule has 0 bridgehead atoms. The number of thiazole rings is 1. The summed E-state index contributed by atoms with van der Waals surface area (Å²) < 4.78 is 3.99. The first-order valence-corrected chi connectivity index (χ1v) is 8.91. The Bertz CT molecular complexity index is 1060. The summed E-state index contributed by atoms with van der Waals surface area (Å²) in [6.07, 6.45) is 3.99. The van der Waals surface area contributed by atoms with E-state index in [9.17, 15) is 4.79 Å². The SMILES string of the molecule is Cc1cn(CC(=O)Nc2nc(-c3cccn3C)cs2)c2ccccc12. The fourth-order valence-corrected chi connectivity index (χ4v) is 3.77. The molecular weight excluding hydrogens is 332 g/mol. The number of rotatable bonds is 4. The maximum Gasteiger partial charge on any atom is 0.246 e. The van der Waals surface area contributed by atoms with Gasteiger partial charge in [-0.15, -0.1) is 11.3 Å². The Morgan fingerprint density at radius 1 is 1.24 bits per heavy atom. The van der Waals surface area contributed by atoms with Crippen LogP contribution < -0.4 is 5.32 Å². The van der Waals surface area contributed by atoms with Gasteiger partial charge in [-0.25, -0.2) is 4.98 Å². The van der Waals surface area contributed by atoms with Gasteiger partial charge in [0.25, 0.3) is 0 Å². The first-order chi connectivity index (χ1) is 12.1. The minimum absolute atomic E-state index is 0.0754. The van der Waals surface area contributed by atoms with Gasteiger partial charge in [-0.3, -0.25) is 4.79 Å². The molecule has 0 aliphatic heterocycles. The van der Waals surface area contributed by atoms with Crippen LogP contribution in [0.4, 0.5) is 5.13 Å². The molecule has 25 heavy (non-hydrogen) atoms. The molecular formula is C19H18N4OS. The first-order valence-electron chi connectivity index (χ1n) is 8.03. The standard InChI is InChI=1S/C19H18N4OS/c1-13-10-23(16-7-4-3-6-14(13)16)11-18(24)21-19-20-15(12-25-19)17-8-5-9-22(17)2/h3-10,12H,11H2,1-2H3,(H,20,21,24). The van der Waals surface area contributed by atoms with E-state index in [4.69, 9.17) is 0 Å². The van der Waals surface area contributed by atoms with Crippen LogP contribution in [0.2, 0.25) is 0 Å². The van der Waals surface area contributed by atoms with Crippen molar-refractivity contribution >= 4 is 33.3 Å². The summed E-state index contributed by atoms with van der Waals surface area (Å²) in [6, 6.07) is 12.1.